The van der Waals surface area contributed by atoms with Gasteiger partial charge in [-0.2, -0.15) is 0 Å². The molecule has 9 heavy (non-hydrogen) atoms. The molecule has 2 rings (SSSR count). The van der Waals surface area contributed by atoms with Crippen LogP contribution in [0.5, 0.6) is 0 Å². The first-order valence-corrected chi connectivity index (χ1v) is 3.76. The van der Waals surface area contributed by atoms with Crippen LogP contribution in [0.2, 0.25) is 0 Å². The Labute approximate surface area is 57.6 Å². The molecule has 0 radical (unpaired) electrons. The van der Waals surface area contributed by atoms with Crippen LogP contribution in [0, 0.1) is 6.92 Å². The highest BCUT2D eigenvalue weighted by molar-refractivity contribution is 7.15. The minimum Gasteiger partial charge on any atom is -0.314 e. The summed E-state index contributed by atoms with van der Waals surface area (Å²) >= 11 is 1.78. The van der Waals surface area contributed by atoms with E-state index >= 15 is 0 Å². The fraction of sp³-hybridized carbons (Fsp3) is 0.143. The molecule has 2 heteroatoms. The van der Waals surface area contributed by atoms with Gasteiger partial charge < -0.3 is 4.40 Å². The van der Waals surface area contributed by atoms with Crippen LogP contribution in [-0.2, 0) is 0 Å². The Kier molecular flexibility index (Phi) is 0.904. The predicted molar refractivity (Wildman–Crippen MR) is 40.0 cm³/mol. The number of hydrogen-bond donors (Lipinski definition) is 0. The highest BCUT2D eigenvalue weighted by Gasteiger charge is 1.95. The number of aromatic nitrogens is 1. The van der Waals surface area contributed by atoms with Gasteiger partial charge >= 0.3 is 0 Å². The molecule has 0 saturated carbocycles. The van der Waals surface area contributed by atoms with Gasteiger partial charge in [0.25, 0.3) is 0 Å². The van der Waals surface area contributed by atoms with Crippen molar-refractivity contribution >= 4 is 16.2 Å². The Morgan fingerprint density at radius 1 is 1.44 bits per heavy atom. The second-order valence-corrected chi connectivity index (χ2v) is 3.01. The molecule has 2 aromatic heterocycles. The zero-order valence-corrected chi connectivity index (χ0v) is 5.98. The van der Waals surface area contributed by atoms with Crippen molar-refractivity contribution in [3.8, 4) is 0 Å². The lowest BCUT2D eigenvalue weighted by molar-refractivity contribution is 1.24. The molecule has 0 atom stereocenters. The predicted octanol–water partition coefficient (Wildman–Crippen LogP) is 2.31. The molecule has 0 spiro atoms. The smallest absolute Gasteiger partial charge is 0.102 e. The van der Waals surface area contributed by atoms with Gasteiger partial charge in [0, 0.05) is 17.8 Å². The summed E-state index contributed by atoms with van der Waals surface area (Å²) in [5, 5.41) is 2.10. The van der Waals surface area contributed by atoms with Gasteiger partial charge in [0.15, 0.2) is 0 Å². The zero-order chi connectivity index (χ0) is 6.27. The SMILES string of the molecule is Cc1ccn2ccsc12. The van der Waals surface area contributed by atoms with Crippen molar-refractivity contribution in [2.75, 3.05) is 0 Å². The van der Waals surface area contributed by atoms with E-state index in [9.17, 15) is 0 Å². The molecule has 0 unspecified atom stereocenters. The lowest BCUT2D eigenvalue weighted by atomic mass is 10.4. The molecule has 2 heterocycles. The van der Waals surface area contributed by atoms with Gasteiger partial charge in [-0.15, -0.1) is 11.3 Å². The first-order chi connectivity index (χ1) is 4.38. The normalized spacial score (nSPS) is 10.8. The standard InChI is InChI=1S/C7H7NS/c1-6-2-3-8-4-5-9-7(6)8/h2-5H,1H3. The van der Waals surface area contributed by atoms with Crippen LogP contribution in [0.3, 0.4) is 0 Å². The largest absolute Gasteiger partial charge is 0.314 e. The monoisotopic (exact) mass is 137 g/mol. The van der Waals surface area contributed by atoms with Gasteiger partial charge in [0.1, 0.15) is 4.83 Å². The summed E-state index contributed by atoms with van der Waals surface area (Å²) in [6.07, 6.45) is 4.16. The van der Waals surface area contributed by atoms with Crippen LogP contribution in [0.4, 0.5) is 0 Å². The van der Waals surface area contributed by atoms with E-state index in [0.29, 0.717) is 0 Å². The third-order valence-electron chi connectivity index (χ3n) is 1.46. The van der Waals surface area contributed by atoms with Crippen molar-refractivity contribution in [2.45, 2.75) is 6.92 Å². The molecular weight excluding hydrogens is 130 g/mol. The first kappa shape index (κ1) is 5.06. The number of thiazole rings is 1. The molecular formula is C7H7NS. The Hall–Kier alpha value is -0.760. The van der Waals surface area contributed by atoms with Gasteiger partial charge in [-0.3, -0.25) is 0 Å². The van der Waals surface area contributed by atoms with Gasteiger partial charge in [-0.25, -0.2) is 0 Å². The molecule has 0 aliphatic heterocycles. The Bertz CT molecular complexity index is 318. The zero-order valence-electron chi connectivity index (χ0n) is 5.16. The molecule has 0 aromatic carbocycles. The van der Waals surface area contributed by atoms with E-state index in [2.05, 4.69) is 35.2 Å². The van der Waals surface area contributed by atoms with E-state index in [1.54, 1.807) is 11.3 Å². The summed E-state index contributed by atoms with van der Waals surface area (Å²) in [6.45, 7) is 2.13. The second kappa shape index (κ2) is 1.61. The van der Waals surface area contributed by atoms with Crippen molar-refractivity contribution in [2.24, 2.45) is 0 Å². The molecule has 1 nitrogen and oxygen atoms in total. The van der Waals surface area contributed by atoms with Crippen LogP contribution >= 0.6 is 11.3 Å². The summed E-state index contributed by atoms with van der Waals surface area (Å²) < 4.78 is 2.14. The van der Waals surface area contributed by atoms with Crippen molar-refractivity contribution in [3.05, 3.63) is 29.4 Å². The highest BCUT2D eigenvalue weighted by Crippen LogP contribution is 2.16. The van der Waals surface area contributed by atoms with Gasteiger partial charge in [0.05, 0.1) is 0 Å². The number of nitrogens with zero attached hydrogens (tertiary/aromatic N) is 1. The highest BCUT2D eigenvalue weighted by atomic mass is 32.1. The van der Waals surface area contributed by atoms with Crippen molar-refractivity contribution < 1.29 is 0 Å². The van der Waals surface area contributed by atoms with Crippen molar-refractivity contribution in [1.29, 1.82) is 0 Å². The van der Waals surface area contributed by atoms with E-state index < -0.39 is 0 Å². The van der Waals surface area contributed by atoms with Crippen LogP contribution in [-0.4, -0.2) is 4.40 Å². The second-order valence-electron chi connectivity index (χ2n) is 2.11. The fourth-order valence-corrected chi connectivity index (χ4v) is 1.78. The average molecular weight is 137 g/mol. The summed E-state index contributed by atoms with van der Waals surface area (Å²) in [6, 6.07) is 2.13. The van der Waals surface area contributed by atoms with Crippen molar-refractivity contribution in [3.63, 3.8) is 0 Å². The minimum absolute atomic E-state index is 1.36. The number of hydrogen-bond acceptors (Lipinski definition) is 1. The molecule has 0 N–H and O–H groups in total. The van der Waals surface area contributed by atoms with E-state index in [4.69, 9.17) is 0 Å². The Morgan fingerprint density at radius 2 is 2.33 bits per heavy atom. The summed E-state index contributed by atoms with van der Waals surface area (Å²) in [5.41, 5.74) is 1.37. The van der Waals surface area contributed by atoms with Crippen LogP contribution in [0.25, 0.3) is 4.83 Å². The minimum atomic E-state index is 1.36. The molecule has 2 aromatic rings. The maximum atomic E-state index is 2.14. The third-order valence-corrected chi connectivity index (χ3v) is 2.47. The summed E-state index contributed by atoms with van der Waals surface area (Å²) in [7, 11) is 0. The lowest BCUT2D eigenvalue weighted by Gasteiger charge is -1.79. The van der Waals surface area contributed by atoms with Crippen LogP contribution in [0.15, 0.2) is 23.8 Å². The maximum absolute atomic E-state index is 2.14. The third kappa shape index (κ3) is 0.598. The Morgan fingerprint density at radius 3 is 3.11 bits per heavy atom. The molecule has 46 valence electrons. The van der Waals surface area contributed by atoms with Crippen LogP contribution in [0.1, 0.15) is 5.56 Å². The van der Waals surface area contributed by atoms with Gasteiger partial charge in [0.2, 0.25) is 0 Å². The topological polar surface area (TPSA) is 4.41 Å². The van der Waals surface area contributed by atoms with E-state index in [0.717, 1.165) is 0 Å². The first-order valence-electron chi connectivity index (χ1n) is 2.89. The van der Waals surface area contributed by atoms with Crippen molar-refractivity contribution in [1.82, 2.24) is 4.40 Å². The van der Waals surface area contributed by atoms with E-state index in [1.807, 2.05) is 0 Å². The number of aryl methyl sites for hydroxylation is 1. The molecule has 0 fully saturated rings. The molecule has 0 saturated heterocycles. The average Bonchev–Trinajstić information content (AvgIpc) is 2.35. The van der Waals surface area contributed by atoms with Gasteiger partial charge in [-0.1, -0.05) is 0 Å². The summed E-state index contributed by atoms with van der Waals surface area (Å²) in [4.78, 5) is 1.36. The Balaban J connectivity index is 2.99. The summed E-state index contributed by atoms with van der Waals surface area (Å²) in [5.74, 6) is 0. The maximum Gasteiger partial charge on any atom is 0.102 e. The molecule has 0 aliphatic rings. The molecule has 0 bridgehead atoms. The van der Waals surface area contributed by atoms with E-state index in [-0.39, 0.29) is 0 Å². The van der Waals surface area contributed by atoms with E-state index in [1.165, 1.54) is 10.4 Å². The van der Waals surface area contributed by atoms with Gasteiger partial charge in [-0.05, 0) is 18.6 Å². The molecule has 0 amide bonds. The lowest BCUT2D eigenvalue weighted by Crippen LogP contribution is -1.67. The van der Waals surface area contributed by atoms with Crippen LogP contribution < -0.4 is 0 Å². The number of rotatable bonds is 0. The molecule has 0 aliphatic carbocycles. The fourth-order valence-electron chi connectivity index (χ4n) is 0.966. The quantitative estimate of drug-likeness (QED) is 0.525. The number of fused-ring (bicyclic) bond motifs is 1.